The van der Waals surface area contributed by atoms with Crippen molar-refractivity contribution in [3.05, 3.63) is 143 Å². The van der Waals surface area contributed by atoms with Crippen molar-refractivity contribution in [1.29, 1.82) is 0 Å². The molecule has 12 heteroatoms. The van der Waals surface area contributed by atoms with E-state index in [1.54, 1.807) is 20.8 Å². The van der Waals surface area contributed by atoms with E-state index in [-0.39, 0.29) is 11.5 Å². The highest BCUT2D eigenvalue weighted by Gasteiger charge is 2.64. The molecule has 4 aromatic carbocycles. The molecule has 1 aromatic heterocycles. The molecule has 0 radical (unpaired) electrons. The van der Waals surface area contributed by atoms with Crippen LogP contribution in [0.1, 0.15) is 60.5 Å². The number of carbonyl (C=O) groups is 3. The van der Waals surface area contributed by atoms with Crippen LogP contribution in [-0.4, -0.2) is 86.3 Å². The molecule has 57 heavy (non-hydrogen) atoms. The molecule has 0 unspecified atom stereocenters. The number of carbonyl (C=O) groups excluding carboxylic acids is 2. The van der Waals surface area contributed by atoms with Gasteiger partial charge in [0, 0.05) is 22.4 Å². The van der Waals surface area contributed by atoms with Crippen LogP contribution in [0.4, 0.5) is 0 Å². The van der Waals surface area contributed by atoms with Crippen LogP contribution in [0.2, 0.25) is 0 Å². The van der Waals surface area contributed by atoms with E-state index in [0.29, 0.717) is 18.1 Å². The van der Waals surface area contributed by atoms with Crippen LogP contribution >= 0.6 is 23.4 Å². The molecule has 2 aliphatic heterocycles. The summed E-state index contributed by atoms with van der Waals surface area (Å²) in [4.78, 5) is 40.8. The molecule has 2 amide bonds. The van der Waals surface area contributed by atoms with E-state index < -0.39 is 34.1 Å². The Balaban J connectivity index is 0.000000193. The van der Waals surface area contributed by atoms with Crippen molar-refractivity contribution in [2.75, 3.05) is 26.2 Å². The molecule has 2 saturated heterocycles. The van der Waals surface area contributed by atoms with Crippen LogP contribution < -0.4 is 10.1 Å². The molecule has 0 aliphatic carbocycles. The molecule has 0 spiro atoms. The molecule has 2 N–H and O–H groups in total. The molecule has 7 rings (SSSR count). The van der Waals surface area contributed by atoms with Crippen LogP contribution in [0.5, 0.6) is 5.75 Å². The Labute approximate surface area is 342 Å². The van der Waals surface area contributed by atoms with E-state index in [1.807, 2.05) is 91.0 Å². The second-order valence-corrected chi connectivity index (χ2v) is 16.3. The largest absolute Gasteiger partial charge is 0.492 e. The maximum absolute atomic E-state index is 12.9. The van der Waals surface area contributed by atoms with E-state index in [1.165, 1.54) is 16.7 Å². The highest BCUT2D eigenvalue weighted by Crippen LogP contribution is 2.51. The zero-order valence-corrected chi connectivity index (χ0v) is 34.2. The fourth-order valence-corrected chi connectivity index (χ4v) is 9.07. The van der Waals surface area contributed by atoms with Gasteiger partial charge in [0.1, 0.15) is 46.8 Å². The van der Waals surface area contributed by atoms with Gasteiger partial charge in [0.05, 0.1) is 5.03 Å². The van der Waals surface area contributed by atoms with E-state index in [0.717, 1.165) is 58.2 Å². The lowest BCUT2D eigenvalue weighted by atomic mass is 9.95. The number of rotatable bonds is 13. The third-order valence-corrected chi connectivity index (χ3v) is 12.1. The van der Waals surface area contributed by atoms with Crippen molar-refractivity contribution in [2.45, 2.75) is 56.8 Å². The minimum absolute atomic E-state index is 0.273. The van der Waals surface area contributed by atoms with E-state index >= 15 is 0 Å². The third kappa shape index (κ3) is 9.12. The van der Waals surface area contributed by atoms with Gasteiger partial charge < -0.3 is 29.5 Å². The second-order valence-electron chi connectivity index (χ2n) is 14.2. The van der Waals surface area contributed by atoms with Gasteiger partial charge in [-0.1, -0.05) is 134 Å². The number of nitrogens with one attached hydrogen (secondary N) is 1. The molecule has 296 valence electrons. The average molecular weight is 807 g/mol. The molecule has 5 aromatic rings. The highest BCUT2D eigenvalue weighted by molar-refractivity contribution is 8.01. The number of halogens is 1. The van der Waals surface area contributed by atoms with Crippen LogP contribution in [0.15, 0.2) is 120 Å². The summed E-state index contributed by atoms with van der Waals surface area (Å²) < 4.78 is 10.5. The second kappa shape index (κ2) is 18.3. The van der Waals surface area contributed by atoms with Crippen molar-refractivity contribution < 1.29 is 28.8 Å². The number of benzene rings is 4. The predicted molar refractivity (Wildman–Crippen MR) is 226 cm³/mol. The first-order chi connectivity index (χ1) is 27.4. The number of ether oxygens (including phenoxy) is 1. The Morgan fingerprint density at radius 2 is 1.46 bits per heavy atom. The van der Waals surface area contributed by atoms with Gasteiger partial charge in [0.25, 0.3) is 5.91 Å². The first-order valence-electron chi connectivity index (χ1n) is 19.0. The van der Waals surface area contributed by atoms with Gasteiger partial charge >= 0.3 is 5.97 Å². The van der Waals surface area contributed by atoms with Crippen molar-refractivity contribution in [1.82, 2.24) is 20.3 Å². The number of carboxylic acids is 1. The number of aliphatic carboxylic acids is 1. The number of β-lactam (4-membered cyclic amide) rings is 1. The van der Waals surface area contributed by atoms with Crippen LogP contribution in [0.3, 0.4) is 0 Å². The lowest BCUT2D eigenvalue weighted by Crippen LogP contribution is -2.70. The number of aromatic nitrogens is 1. The molecular formula is C45H47ClN4O6S. The molecule has 0 saturated carbocycles. The number of likely N-dealkylation sites (N-methyl/N-ethyl adjacent to an activating group) is 1. The third-order valence-electron chi connectivity index (χ3n) is 10.1. The van der Waals surface area contributed by atoms with Gasteiger partial charge in [-0.3, -0.25) is 9.59 Å². The van der Waals surface area contributed by atoms with Crippen LogP contribution in [0.25, 0.3) is 21.9 Å². The Morgan fingerprint density at radius 1 is 0.895 bits per heavy atom. The number of thioether (sulfide) groups is 1. The Kier molecular flexibility index (Phi) is 13.2. The standard InChI is InChI=1S/C26H28ClNO.C19H19N3O5S/c1-3-28(4-2)19-20-29-24-17-15-22(16-18-24)25(21-11-7-5-8-12-21)26(27)23-13-9-6-10-14-23;1-9-11(12(21-27-9)10-7-5-4-6-8-10)15(23)20-13-16(24)22-14(18(25)26)19(2,3)28-17(13)22/h5-18H,3-4,19-20H2,1-2H3;4-8,13-14,17H,1-3H3,(H,20,23)(H,25,26)/b26-25+;/t;13-,14+,17-/m.1/s1. The maximum Gasteiger partial charge on any atom is 0.327 e. The Bertz CT molecular complexity index is 2190. The van der Waals surface area contributed by atoms with Crippen molar-refractivity contribution >= 4 is 51.8 Å². The zero-order chi connectivity index (χ0) is 40.7. The fourth-order valence-electron chi connectivity index (χ4n) is 7.10. The smallest absolute Gasteiger partial charge is 0.327 e. The van der Waals surface area contributed by atoms with Gasteiger partial charge in [-0.15, -0.1) is 11.8 Å². The molecule has 10 nitrogen and oxygen atoms in total. The molecule has 3 heterocycles. The topological polar surface area (TPSA) is 125 Å². The summed E-state index contributed by atoms with van der Waals surface area (Å²) in [6.45, 7) is 13.3. The fraction of sp³-hybridized carbons (Fsp3) is 0.289. The monoisotopic (exact) mass is 806 g/mol. The SMILES string of the molecule is CCN(CC)CCOc1ccc(/C(=C(/Cl)c2ccccc2)c2ccccc2)cc1.Cc1onc(-c2ccccc2)c1C(=O)N[C@@H]1C(=O)N2[C@@H]1SC(C)(C)[C@@H]2C(=O)O. The lowest BCUT2D eigenvalue weighted by molar-refractivity contribution is -0.159. The minimum atomic E-state index is -1.04. The summed E-state index contributed by atoms with van der Waals surface area (Å²) in [7, 11) is 0. The summed E-state index contributed by atoms with van der Waals surface area (Å²) >= 11 is 8.25. The molecule has 2 aliphatic rings. The minimum Gasteiger partial charge on any atom is -0.492 e. The first-order valence-corrected chi connectivity index (χ1v) is 20.2. The van der Waals surface area contributed by atoms with E-state index in [4.69, 9.17) is 20.9 Å². The Morgan fingerprint density at radius 3 is 2.04 bits per heavy atom. The van der Waals surface area contributed by atoms with E-state index in [2.05, 4.69) is 53.5 Å². The maximum atomic E-state index is 12.9. The summed E-state index contributed by atoms with van der Waals surface area (Å²) in [6, 6.07) is 36.0. The summed E-state index contributed by atoms with van der Waals surface area (Å²) in [5, 5.41) is 16.6. The quantitative estimate of drug-likeness (QED) is 0.0891. The van der Waals surface area contributed by atoms with Gasteiger partial charge in [0.2, 0.25) is 5.91 Å². The van der Waals surface area contributed by atoms with Gasteiger partial charge in [-0.2, -0.15) is 0 Å². The number of amides is 2. The lowest BCUT2D eigenvalue weighted by Gasteiger charge is -2.43. The van der Waals surface area contributed by atoms with Crippen molar-refractivity contribution in [3.63, 3.8) is 0 Å². The average Bonchev–Trinajstić information content (AvgIpc) is 3.74. The van der Waals surface area contributed by atoms with Gasteiger partial charge in [0.15, 0.2) is 0 Å². The Hall–Kier alpha value is -5.36. The van der Waals surface area contributed by atoms with E-state index in [9.17, 15) is 19.5 Å². The van der Waals surface area contributed by atoms with Crippen molar-refractivity contribution in [2.24, 2.45) is 0 Å². The normalized spacial score (nSPS) is 18.5. The number of nitrogens with zero attached hydrogens (tertiary/aromatic N) is 3. The predicted octanol–water partition coefficient (Wildman–Crippen LogP) is 8.46. The van der Waals surface area contributed by atoms with Crippen LogP contribution in [0, 0.1) is 6.92 Å². The summed E-state index contributed by atoms with van der Waals surface area (Å²) in [5.74, 6) is -0.668. The number of fused-ring (bicyclic) bond motifs is 1. The summed E-state index contributed by atoms with van der Waals surface area (Å²) in [5.41, 5.74) is 5.60. The molecule has 2 fully saturated rings. The number of hydrogen-bond acceptors (Lipinski definition) is 8. The number of carboxylic acid groups (broad SMARTS) is 1. The number of aryl methyl sites for hydroxylation is 1. The number of hydrogen-bond donors (Lipinski definition) is 2. The van der Waals surface area contributed by atoms with Crippen molar-refractivity contribution in [3.8, 4) is 17.0 Å². The molecule has 3 atom stereocenters. The molecule has 0 bridgehead atoms. The van der Waals surface area contributed by atoms with Gasteiger partial charge in [-0.05, 0) is 62.7 Å². The molecular weight excluding hydrogens is 760 g/mol. The van der Waals surface area contributed by atoms with Gasteiger partial charge in [-0.25, -0.2) is 4.79 Å². The summed E-state index contributed by atoms with van der Waals surface area (Å²) in [6.07, 6.45) is 0. The zero-order valence-electron chi connectivity index (χ0n) is 32.6. The highest BCUT2D eigenvalue weighted by atomic mass is 35.5. The van der Waals surface area contributed by atoms with Crippen LogP contribution in [-0.2, 0) is 9.59 Å². The first kappa shape index (κ1) is 41.3.